The van der Waals surface area contributed by atoms with Crippen LogP contribution in [-0.4, -0.2) is 17.7 Å². The number of rotatable bonds is 4. The monoisotopic (exact) mass is 192 g/mol. The highest BCUT2D eigenvalue weighted by molar-refractivity contribution is 5.91. The van der Waals surface area contributed by atoms with E-state index in [4.69, 9.17) is 9.84 Å². The summed E-state index contributed by atoms with van der Waals surface area (Å²) >= 11 is 0. The normalized spacial score (nSPS) is 9.50. The summed E-state index contributed by atoms with van der Waals surface area (Å²) in [6.45, 7) is 3.45. The molecular weight excluding hydrogens is 180 g/mol. The molecule has 3 nitrogen and oxygen atoms in total. The Morgan fingerprint density at radius 1 is 1.50 bits per heavy atom. The molecule has 0 fully saturated rings. The zero-order valence-electron chi connectivity index (χ0n) is 7.77. The molecule has 1 rings (SSSR count). The number of hydrogen-bond donors (Lipinski definition) is 1. The summed E-state index contributed by atoms with van der Waals surface area (Å²) < 4.78 is 4.85. The van der Waals surface area contributed by atoms with Gasteiger partial charge in [-0.25, -0.2) is 4.79 Å². The van der Waals surface area contributed by atoms with Gasteiger partial charge in [0.2, 0.25) is 0 Å². The summed E-state index contributed by atoms with van der Waals surface area (Å²) in [6.07, 6.45) is 1.50. The molecule has 0 bridgehead atoms. The van der Waals surface area contributed by atoms with Gasteiger partial charge in [0.05, 0.1) is 12.2 Å². The van der Waals surface area contributed by atoms with Crippen molar-refractivity contribution in [2.75, 3.05) is 6.61 Å². The highest BCUT2D eigenvalue weighted by atomic mass is 16.5. The summed E-state index contributed by atoms with van der Waals surface area (Å²) in [5.74, 6) is -0.436. The largest absolute Gasteiger partial charge is 0.458 e. The molecule has 0 aliphatic rings. The Morgan fingerprint density at radius 3 is 2.86 bits per heavy atom. The van der Waals surface area contributed by atoms with Gasteiger partial charge in [-0.05, 0) is 11.6 Å². The van der Waals surface area contributed by atoms with E-state index in [1.807, 2.05) is 0 Å². The lowest BCUT2D eigenvalue weighted by Gasteiger charge is -2.05. The Balaban J connectivity index is 2.82. The van der Waals surface area contributed by atoms with Gasteiger partial charge < -0.3 is 9.84 Å². The number of ether oxygens (including phenoxy) is 1. The predicted molar refractivity (Wildman–Crippen MR) is 52.8 cm³/mol. The molecule has 0 amide bonds. The van der Waals surface area contributed by atoms with Crippen molar-refractivity contribution >= 4 is 5.97 Å². The first-order valence-electron chi connectivity index (χ1n) is 4.26. The van der Waals surface area contributed by atoms with Crippen LogP contribution < -0.4 is 0 Å². The summed E-state index contributed by atoms with van der Waals surface area (Å²) in [6, 6.07) is 6.79. The van der Waals surface area contributed by atoms with E-state index < -0.39 is 5.97 Å². The van der Waals surface area contributed by atoms with Gasteiger partial charge in [-0.15, -0.1) is 0 Å². The minimum atomic E-state index is -0.436. The lowest BCUT2D eigenvalue weighted by Crippen LogP contribution is -2.08. The summed E-state index contributed by atoms with van der Waals surface area (Å²) in [5.41, 5.74) is 0.971. The zero-order valence-corrected chi connectivity index (χ0v) is 7.77. The van der Waals surface area contributed by atoms with Crippen molar-refractivity contribution in [3.63, 3.8) is 0 Å². The number of hydrogen-bond acceptors (Lipinski definition) is 3. The fourth-order valence-electron chi connectivity index (χ4n) is 1.07. The van der Waals surface area contributed by atoms with Crippen molar-refractivity contribution in [3.8, 4) is 0 Å². The number of aliphatic hydroxyl groups excluding tert-OH is 1. The molecule has 0 saturated carbocycles. The molecule has 0 aliphatic heterocycles. The van der Waals surface area contributed by atoms with E-state index in [2.05, 4.69) is 6.58 Å². The van der Waals surface area contributed by atoms with Crippen LogP contribution in [0.3, 0.4) is 0 Å². The number of carbonyl (C=O) groups excluding carboxylic acids is 1. The van der Waals surface area contributed by atoms with Crippen LogP contribution in [0.25, 0.3) is 0 Å². The minimum absolute atomic E-state index is 0.167. The quantitative estimate of drug-likeness (QED) is 0.581. The van der Waals surface area contributed by atoms with Crippen molar-refractivity contribution < 1.29 is 14.6 Å². The lowest BCUT2D eigenvalue weighted by molar-refractivity contribution is 0.0546. The van der Waals surface area contributed by atoms with Crippen LogP contribution in [-0.2, 0) is 11.3 Å². The van der Waals surface area contributed by atoms with Crippen LogP contribution in [0.15, 0.2) is 36.9 Å². The van der Waals surface area contributed by atoms with Crippen LogP contribution in [0.4, 0.5) is 0 Å². The molecule has 74 valence electrons. The molecule has 1 aromatic carbocycles. The first-order valence-corrected chi connectivity index (χ1v) is 4.26. The Kier molecular flexibility index (Phi) is 3.88. The molecule has 14 heavy (non-hydrogen) atoms. The SMILES string of the molecule is C=CCOC(=O)c1ccccc1CO. The number of esters is 1. The van der Waals surface area contributed by atoms with E-state index in [-0.39, 0.29) is 13.2 Å². The second-order valence-corrected chi connectivity index (χ2v) is 2.70. The average Bonchev–Trinajstić information content (AvgIpc) is 2.25. The van der Waals surface area contributed by atoms with Crippen molar-refractivity contribution in [2.24, 2.45) is 0 Å². The smallest absolute Gasteiger partial charge is 0.338 e. The standard InChI is InChI=1S/C11H12O3/c1-2-7-14-11(13)10-6-4-3-5-9(10)8-12/h2-6,12H,1,7-8H2. The number of aliphatic hydroxyl groups is 1. The summed E-state index contributed by atoms with van der Waals surface area (Å²) in [5, 5.41) is 8.96. The first kappa shape index (κ1) is 10.5. The van der Waals surface area contributed by atoms with Gasteiger partial charge in [0.1, 0.15) is 6.61 Å². The molecule has 1 N–H and O–H groups in total. The molecule has 0 spiro atoms. The maximum atomic E-state index is 11.4. The Bertz CT molecular complexity index is 331. The molecule has 0 unspecified atom stereocenters. The van der Waals surface area contributed by atoms with Crippen molar-refractivity contribution in [1.29, 1.82) is 0 Å². The van der Waals surface area contributed by atoms with Gasteiger partial charge in [0, 0.05) is 0 Å². The van der Waals surface area contributed by atoms with Crippen molar-refractivity contribution in [2.45, 2.75) is 6.61 Å². The highest BCUT2D eigenvalue weighted by Gasteiger charge is 2.10. The zero-order chi connectivity index (χ0) is 10.4. The van der Waals surface area contributed by atoms with E-state index in [9.17, 15) is 4.79 Å². The van der Waals surface area contributed by atoms with Gasteiger partial charge in [0.25, 0.3) is 0 Å². The fraction of sp³-hybridized carbons (Fsp3) is 0.182. The maximum Gasteiger partial charge on any atom is 0.338 e. The Labute approximate surface area is 82.6 Å². The second-order valence-electron chi connectivity index (χ2n) is 2.70. The molecular formula is C11H12O3. The highest BCUT2D eigenvalue weighted by Crippen LogP contribution is 2.09. The second kappa shape index (κ2) is 5.19. The van der Waals surface area contributed by atoms with Crippen LogP contribution in [0.2, 0.25) is 0 Å². The van der Waals surface area contributed by atoms with Gasteiger partial charge in [-0.2, -0.15) is 0 Å². The first-order chi connectivity index (χ1) is 6.79. The van der Waals surface area contributed by atoms with Crippen LogP contribution >= 0.6 is 0 Å². The lowest BCUT2D eigenvalue weighted by atomic mass is 10.1. The summed E-state index contributed by atoms with van der Waals surface area (Å²) in [7, 11) is 0. The van der Waals surface area contributed by atoms with E-state index >= 15 is 0 Å². The Hall–Kier alpha value is -1.61. The van der Waals surface area contributed by atoms with Gasteiger partial charge in [-0.3, -0.25) is 0 Å². The van der Waals surface area contributed by atoms with Gasteiger partial charge >= 0.3 is 5.97 Å². The molecule has 0 atom stereocenters. The van der Waals surface area contributed by atoms with Crippen molar-refractivity contribution in [1.82, 2.24) is 0 Å². The summed E-state index contributed by atoms with van der Waals surface area (Å²) in [4.78, 5) is 11.4. The van der Waals surface area contributed by atoms with E-state index in [0.29, 0.717) is 11.1 Å². The van der Waals surface area contributed by atoms with E-state index in [0.717, 1.165) is 0 Å². The molecule has 0 aromatic heterocycles. The third kappa shape index (κ3) is 2.44. The number of carbonyl (C=O) groups is 1. The van der Waals surface area contributed by atoms with Crippen LogP contribution in [0.1, 0.15) is 15.9 Å². The Morgan fingerprint density at radius 2 is 2.21 bits per heavy atom. The van der Waals surface area contributed by atoms with Gasteiger partial charge in [0.15, 0.2) is 0 Å². The molecule has 1 aromatic rings. The minimum Gasteiger partial charge on any atom is -0.458 e. The molecule has 0 saturated heterocycles. The third-order valence-electron chi connectivity index (χ3n) is 1.74. The van der Waals surface area contributed by atoms with Crippen LogP contribution in [0.5, 0.6) is 0 Å². The average molecular weight is 192 g/mol. The fourth-order valence-corrected chi connectivity index (χ4v) is 1.07. The van der Waals surface area contributed by atoms with Crippen molar-refractivity contribution in [3.05, 3.63) is 48.0 Å². The van der Waals surface area contributed by atoms with Crippen LogP contribution in [0, 0.1) is 0 Å². The maximum absolute atomic E-state index is 11.4. The van der Waals surface area contributed by atoms with Gasteiger partial charge in [-0.1, -0.05) is 30.9 Å². The molecule has 0 radical (unpaired) electrons. The molecule has 0 heterocycles. The van der Waals surface area contributed by atoms with E-state index in [1.54, 1.807) is 24.3 Å². The third-order valence-corrected chi connectivity index (χ3v) is 1.74. The number of benzene rings is 1. The topological polar surface area (TPSA) is 46.5 Å². The molecule has 3 heteroatoms. The van der Waals surface area contributed by atoms with E-state index in [1.165, 1.54) is 6.08 Å². The predicted octanol–water partition coefficient (Wildman–Crippen LogP) is 1.52. The molecule has 0 aliphatic carbocycles.